The van der Waals surface area contributed by atoms with Gasteiger partial charge in [-0.3, -0.25) is 0 Å². The lowest BCUT2D eigenvalue weighted by molar-refractivity contribution is 0.0521. The summed E-state index contributed by atoms with van der Waals surface area (Å²) in [6.07, 6.45) is 0. The molecule has 0 aliphatic carbocycles. The molecule has 0 atom stereocenters. The summed E-state index contributed by atoms with van der Waals surface area (Å²) in [5.41, 5.74) is 12.3. The van der Waals surface area contributed by atoms with E-state index in [9.17, 15) is 4.79 Å². The molecule has 2 aromatic rings. The number of nitrogen functional groups attached to an aromatic ring is 1. The molecule has 5 N–H and O–H groups in total. The van der Waals surface area contributed by atoms with Gasteiger partial charge in [0.1, 0.15) is 12.4 Å². The molecular formula is C19H27N5O4. The Morgan fingerprint density at radius 1 is 1.29 bits per heavy atom. The van der Waals surface area contributed by atoms with Crippen molar-refractivity contribution in [2.24, 2.45) is 5.73 Å². The maximum absolute atomic E-state index is 12.1. The second kappa shape index (κ2) is 13.9. The molecule has 0 saturated carbocycles. The fourth-order valence-electron chi connectivity index (χ4n) is 1.97. The van der Waals surface area contributed by atoms with E-state index in [4.69, 9.17) is 31.3 Å². The Bertz CT molecular complexity index is 790. The lowest BCUT2D eigenvalue weighted by atomic mass is 10.1. The zero-order valence-electron chi connectivity index (χ0n) is 16.6. The predicted octanol–water partition coefficient (Wildman–Crippen LogP) is 1.75. The van der Waals surface area contributed by atoms with Crippen molar-refractivity contribution in [1.29, 1.82) is 5.26 Å². The van der Waals surface area contributed by atoms with Gasteiger partial charge in [-0.15, -0.1) is 0 Å². The number of aliphatic hydroxyl groups is 1. The van der Waals surface area contributed by atoms with E-state index in [1.54, 1.807) is 31.2 Å². The second-order valence-corrected chi connectivity index (χ2v) is 4.66. The van der Waals surface area contributed by atoms with Crippen molar-refractivity contribution in [3.05, 3.63) is 35.4 Å². The number of aromatic nitrogens is 2. The summed E-state index contributed by atoms with van der Waals surface area (Å²) in [4.78, 5) is 20.4. The van der Waals surface area contributed by atoms with E-state index in [1.807, 2.05) is 19.9 Å². The second-order valence-electron chi connectivity index (χ2n) is 4.66. The van der Waals surface area contributed by atoms with E-state index < -0.39 is 5.97 Å². The number of nitrogens with two attached hydrogens (primary N) is 2. The van der Waals surface area contributed by atoms with Gasteiger partial charge in [-0.2, -0.15) is 10.2 Å². The number of aliphatic hydroxyl groups excluding tert-OH is 1. The van der Waals surface area contributed by atoms with Crippen molar-refractivity contribution in [2.75, 3.05) is 32.6 Å². The Balaban J connectivity index is 0.00000171. The van der Waals surface area contributed by atoms with Gasteiger partial charge >= 0.3 is 5.97 Å². The molecule has 152 valence electrons. The number of hydrogen-bond acceptors (Lipinski definition) is 9. The Kier molecular flexibility index (Phi) is 12.3. The largest absolute Gasteiger partial charge is 0.476 e. The number of hydrogen-bond donors (Lipinski definition) is 3. The molecule has 0 radical (unpaired) electrons. The van der Waals surface area contributed by atoms with Crippen LogP contribution in [0.15, 0.2) is 24.3 Å². The molecule has 0 aliphatic rings. The van der Waals surface area contributed by atoms with Crippen LogP contribution < -0.4 is 16.2 Å². The standard InChI is InChI=1S/C16H17N5O3.C2H6.CH4O/c1-2-23-16(22)12-13(19)20-14(21-15(12)24-7-6-17)11-5-3-4-10(8-11)9-18;2*1-2/h3-5,8H,2,6-7,17H2,1H3,(H2,19,20,21);1-2H3;2H,1H3. The monoisotopic (exact) mass is 389 g/mol. The van der Waals surface area contributed by atoms with Crippen LogP contribution in [0.25, 0.3) is 11.4 Å². The quantitative estimate of drug-likeness (QED) is 0.626. The van der Waals surface area contributed by atoms with Gasteiger partial charge < -0.3 is 26.0 Å². The highest BCUT2D eigenvalue weighted by Gasteiger charge is 2.22. The molecule has 0 aliphatic heterocycles. The number of nitrogens with zero attached hydrogens (tertiary/aromatic N) is 3. The normalized spacial score (nSPS) is 9.04. The summed E-state index contributed by atoms with van der Waals surface area (Å²) >= 11 is 0. The first-order chi connectivity index (χ1) is 13.6. The minimum absolute atomic E-state index is 0.00348. The minimum atomic E-state index is -0.667. The van der Waals surface area contributed by atoms with Crippen molar-refractivity contribution >= 4 is 11.8 Å². The number of benzene rings is 1. The molecule has 2 rings (SSSR count). The molecule has 0 amide bonds. The summed E-state index contributed by atoms with van der Waals surface area (Å²) in [5, 5.41) is 16.0. The molecule has 9 nitrogen and oxygen atoms in total. The molecule has 0 bridgehead atoms. The Hall–Kier alpha value is -3.22. The van der Waals surface area contributed by atoms with Gasteiger partial charge in [-0.05, 0) is 19.1 Å². The van der Waals surface area contributed by atoms with Crippen molar-refractivity contribution in [3.63, 3.8) is 0 Å². The van der Waals surface area contributed by atoms with Crippen LogP contribution in [0.2, 0.25) is 0 Å². The summed E-state index contributed by atoms with van der Waals surface area (Å²) in [5.74, 6) is -0.486. The SMILES string of the molecule is CC.CCOC(=O)c1c(N)nc(-c2cccc(C#N)c2)nc1OCCN.CO. The number of carbonyl (C=O) groups is 1. The third-order valence-electron chi connectivity index (χ3n) is 2.99. The fraction of sp³-hybridized carbons (Fsp3) is 0.368. The minimum Gasteiger partial charge on any atom is -0.476 e. The third kappa shape index (κ3) is 6.83. The van der Waals surface area contributed by atoms with Crippen molar-refractivity contribution in [1.82, 2.24) is 9.97 Å². The van der Waals surface area contributed by atoms with E-state index in [0.29, 0.717) is 11.1 Å². The van der Waals surface area contributed by atoms with Crippen LogP contribution in [0.4, 0.5) is 5.82 Å². The van der Waals surface area contributed by atoms with Gasteiger partial charge in [0.25, 0.3) is 0 Å². The summed E-state index contributed by atoms with van der Waals surface area (Å²) in [7, 11) is 1.00. The highest BCUT2D eigenvalue weighted by Crippen LogP contribution is 2.27. The molecule has 1 aromatic heterocycles. The Morgan fingerprint density at radius 2 is 1.96 bits per heavy atom. The zero-order valence-corrected chi connectivity index (χ0v) is 16.6. The van der Waals surface area contributed by atoms with Crippen LogP contribution in [0.5, 0.6) is 5.88 Å². The molecular weight excluding hydrogens is 362 g/mol. The highest BCUT2D eigenvalue weighted by molar-refractivity contribution is 5.97. The van der Waals surface area contributed by atoms with Crippen LogP contribution in [-0.4, -0.2) is 47.9 Å². The van der Waals surface area contributed by atoms with E-state index in [-0.39, 0.29) is 42.8 Å². The smallest absolute Gasteiger partial charge is 0.347 e. The first-order valence-electron chi connectivity index (χ1n) is 8.73. The van der Waals surface area contributed by atoms with Gasteiger partial charge in [0, 0.05) is 19.2 Å². The van der Waals surface area contributed by atoms with Crippen molar-refractivity contribution < 1.29 is 19.4 Å². The lowest BCUT2D eigenvalue weighted by Gasteiger charge is -2.12. The molecule has 0 spiro atoms. The Labute approximate surface area is 164 Å². The first kappa shape index (κ1) is 24.8. The van der Waals surface area contributed by atoms with E-state index in [1.165, 1.54) is 0 Å². The van der Waals surface area contributed by atoms with Crippen LogP contribution in [0.3, 0.4) is 0 Å². The maximum Gasteiger partial charge on any atom is 0.347 e. The topological polar surface area (TPSA) is 157 Å². The zero-order chi connectivity index (χ0) is 21.5. The number of esters is 1. The molecule has 0 saturated heterocycles. The van der Waals surface area contributed by atoms with E-state index in [2.05, 4.69) is 9.97 Å². The van der Waals surface area contributed by atoms with E-state index in [0.717, 1.165) is 7.11 Å². The van der Waals surface area contributed by atoms with Crippen LogP contribution >= 0.6 is 0 Å². The number of carbonyl (C=O) groups excluding carboxylic acids is 1. The molecule has 0 fully saturated rings. The van der Waals surface area contributed by atoms with Crippen LogP contribution in [0, 0.1) is 11.3 Å². The highest BCUT2D eigenvalue weighted by atomic mass is 16.5. The molecule has 0 unspecified atom stereocenters. The fourth-order valence-corrected chi connectivity index (χ4v) is 1.97. The predicted molar refractivity (Wildman–Crippen MR) is 107 cm³/mol. The Morgan fingerprint density at radius 3 is 2.54 bits per heavy atom. The van der Waals surface area contributed by atoms with Crippen molar-refractivity contribution in [3.8, 4) is 23.3 Å². The lowest BCUT2D eigenvalue weighted by Crippen LogP contribution is -2.17. The third-order valence-corrected chi connectivity index (χ3v) is 2.99. The first-order valence-corrected chi connectivity index (χ1v) is 8.73. The molecule has 9 heteroatoms. The van der Waals surface area contributed by atoms with E-state index >= 15 is 0 Å². The average molecular weight is 389 g/mol. The summed E-state index contributed by atoms with van der Waals surface area (Å²) < 4.78 is 10.4. The van der Waals surface area contributed by atoms with Crippen LogP contribution in [-0.2, 0) is 4.74 Å². The summed E-state index contributed by atoms with van der Waals surface area (Å²) in [6, 6.07) is 8.74. The average Bonchev–Trinajstić information content (AvgIpc) is 2.74. The van der Waals surface area contributed by atoms with Crippen LogP contribution in [0.1, 0.15) is 36.7 Å². The van der Waals surface area contributed by atoms with Gasteiger partial charge in [-0.1, -0.05) is 26.0 Å². The molecule has 1 aromatic carbocycles. The van der Waals surface area contributed by atoms with Gasteiger partial charge in [0.05, 0.1) is 18.2 Å². The molecule has 1 heterocycles. The van der Waals surface area contributed by atoms with Gasteiger partial charge in [0.15, 0.2) is 11.4 Å². The number of nitriles is 1. The number of anilines is 1. The van der Waals surface area contributed by atoms with Gasteiger partial charge in [0.2, 0.25) is 5.88 Å². The number of rotatable bonds is 6. The number of ether oxygens (including phenoxy) is 2. The van der Waals surface area contributed by atoms with Crippen molar-refractivity contribution in [2.45, 2.75) is 20.8 Å². The summed E-state index contributed by atoms with van der Waals surface area (Å²) in [6.45, 7) is 6.25. The maximum atomic E-state index is 12.1. The van der Waals surface area contributed by atoms with Gasteiger partial charge in [-0.25, -0.2) is 9.78 Å². The molecule has 28 heavy (non-hydrogen) atoms.